The maximum Gasteiger partial charge on any atom is 0.352 e. The molecule has 0 radical (unpaired) electrons. The van der Waals surface area contributed by atoms with Crippen molar-refractivity contribution in [1.82, 2.24) is 13.9 Å². The van der Waals surface area contributed by atoms with Gasteiger partial charge in [0.15, 0.2) is 0 Å². The first kappa shape index (κ1) is 29.5. The number of fused-ring (bicyclic) bond motifs is 4. The minimum Gasteiger partial charge on any atom is -0.463 e. The van der Waals surface area contributed by atoms with Crippen LogP contribution in [0.25, 0.3) is 5.69 Å². The van der Waals surface area contributed by atoms with Crippen molar-refractivity contribution < 1.29 is 19.1 Å². The van der Waals surface area contributed by atoms with Crippen LogP contribution in [0, 0.1) is 17.8 Å². The van der Waals surface area contributed by atoms with Gasteiger partial charge in [0.1, 0.15) is 0 Å². The number of aromatic nitrogens is 3. The zero-order valence-electron chi connectivity index (χ0n) is 25.6. The summed E-state index contributed by atoms with van der Waals surface area (Å²) in [5.74, 6) is -3.32. The maximum atomic E-state index is 14.4. The molecule has 3 aliphatic rings. The summed E-state index contributed by atoms with van der Waals surface area (Å²) in [6.45, 7) is 3.65. The van der Waals surface area contributed by atoms with E-state index in [-0.39, 0.29) is 24.8 Å². The van der Waals surface area contributed by atoms with Crippen molar-refractivity contribution in [1.29, 1.82) is 0 Å². The van der Waals surface area contributed by atoms with Crippen molar-refractivity contribution in [2.75, 3.05) is 11.5 Å². The molecule has 46 heavy (non-hydrogen) atoms. The van der Waals surface area contributed by atoms with Crippen LogP contribution < -0.4 is 16.3 Å². The molecule has 4 aromatic rings. The van der Waals surface area contributed by atoms with Crippen LogP contribution in [0.3, 0.4) is 0 Å². The highest BCUT2D eigenvalue weighted by atomic mass is 16.5. The Bertz CT molecular complexity index is 1980. The Labute approximate surface area is 265 Å². The number of nitrogens with zero attached hydrogens (tertiary/aromatic N) is 4. The van der Waals surface area contributed by atoms with Gasteiger partial charge in [-0.2, -0.15) is 0 Å². The van der Waals surface area contributed by atoms with E-state index >= 15 is 0 Å². The largest absolute Gasteiger partial charge is 0.463 e. The van der Waals surface area contributed by atoms with Crippen molar-refractivity contribution in [2.45, 2.75) is 45.2 Å². The smallest absolute Gasteiger partial charge is 0.352 e. The fraction of sp³-hybridized carbons (Fsp3) is 0.306. The van der Waals surface area contributed by atoms with Gasteiger partial charge in [-0.05, 0) is 67.5 Å². The molecule has 1 aromatic heterocycles. The van der Waals surface area contributed by atoms with E-state index in [9.17, 15) is 24.0 Å². The zero-order chi connectivity index (χ0) is 32.1. The van der Waals surface area contributed by atoms with Gasteiger partial charge in [-0.15, -0.1) is 0 Å². The molecule has 10 nitrogen and oxygen atoms in total. The van der Waals surface area contributed by atoms with Gasteiger partial charge in [-0.1, -0.05) is 73.7 Å². The number of carbonyl (C=O) groups excluding carboxylic acids is 3. The average Bonchev–Trinajstić information content (AvgIpc) is 3.48. The third-order valence-electron chi connectivity index (χ3n) is 9.66. The second-order valence-corrected chi connectivity index (χ2v) is 12.1. The molecule has 2 fully saturated rings. The van der Waals surface area contributed by atoms with E-state index in [0.29, 0.717) is 35.4 Å². The fourth-order valence-electron chi connectivity index (χ4n) is 7.73. The molecule has 1 unspecified atom stereocenters. The summed E-state index contributed by atoms with van der Waals surface area (Å²) in [4.78, 5) is 71.9. The first-order valence-electron chi connectivity index (χ1n) is 15.7. The van der Waals surface area contributed by atoms with Crippen LogP contribution in [-0.2, 0) is 25.5 Å². The number of hydrogen-bond donors (Lipinski definition) is 0. The zero-order valence-corrected chi connectivity index (χ0v) is 25.6. The highest BCUT2D eigenvalue weighted by Gasteiger charge is 2.58. The molecule has 3 heterocycles. The molecule has 10 heteroatoms. The Balaban J connectivity index is 1.44. The molecule has 1 saturated carbocycles. The lowest BCUT2D eigenvalue weighted by Gasteiger charge is -2.43. The van der Waals surface area contributed by atoms with Gasteiger partial charge < -0.3 is 4.74 Å². The quantitative estimate of drug-likeness (QED) is 0.226. The Morgan fingerprint density at radius 3 is 2.00 bits per heavy atom. The van der Waals surface area contributed by atoms with Gasteiger partial charge in [0.2, 0.25) is 11.8 Å². The number of anilines is 1. The lowest BCUT2D eigenvalue weighted by Crippen LogP contribution is -2.48. The Morgan fingerprint density at radius 1 is 0.783 bits per heavy atom. The second kappa shape index (κ2) is 11.6. The highest BCUT2D eigenvalue weighted by Crippen LogP contribution is 2.53. The molecule has 7 rings (SSSR count). The van der Waals surface area contributed by atoms with Crippen LogP contribution in [0.15, 0.2) is 112 Å². The molecule has 0 N–H and O–H groups in total. The van der Waals surface area contributed by atoms with E-state index < -0.39 is 47.2 Å². The SMILES string of the molecule is CCOC(=O)C1=C2C[C@@H]3C(=O)N(c4ccccc4)C(=O)[C@@H]3C(C)[C@H]2n2c(=O)n(-c3ccccc3)c(=O)n2[C@H]1CCc1ccccc1. The Kier molecular flexibility index (Phi) is 7.43. The van der Waals surface area contributed by atoms with Crippen molar-refractivity contribution in [3.8, 4) is 5.69 Å². The molecule has 0 spiro atoms. The lowest BCUT2D eigenvalue weighted by atomic mass is 9.66. The minimum absolute atomic E-state index is 0.0979. The van der Waals surface area contributed by atoms with Gasteiger partial charge in [0.05, 0.1) is 47.5 Å². The van der Waals surface area contributed by atoms with Crippen molar-refractivity contribution in [3.63, 3.8) is 0 Å². The monoisotopic (exact) mass is 618 g/mol. The van der Waals surface area contributed by atoms with E-state index in [2.05, 4.69) is 0 Å². The predicted octanol–water partition coefficient (Wildman–Crippen LogP) is 4.23. The third-order valence-corrected chi connectivity index (χ3v) is 9.66. The number of amides is 2. The number of aryl methyl sites for hydroxylation is 1. The number of imide groups is 1. The van der Waals surface area contributed by atoms with Crippen LogP contribution >= 0.6 is 0 Å². The van der Waals surface area contributed by atoms with Crippen molar-refractivity contribution in [3.05, 3.63) is 129 Å². The number of carbonyl (C=O) groups is 3. The normalized spacial score (nSPS) is 23.6. The lowest BCUT2D eigenvalue weighted by molar-refractivity contribution is -0.139. The minimum atomic E-state index is -0.836. The summed E-state index contributed by atoms with van der Waals surface area (Å²) in [7, 11) is 0. The molecule has 3 aromatic carbocycles. The number of hydrogen-bond acceptors (Lipinski definition) is 6. The van der Waals surface area contributed by atoms with E-state index in [4.69, 9.17) is 4.74 Å². The predicted molar refractivity (Wildman–Crippen MR) is 170 cm³/mol. The number of esters is 1. The number of benzene rings is 3. The first-order valence-corrected chi connectivity index (χ1v) is 15.7. The summed E-state index contributed by atoms with van der Waals surface area (Å²) in [6.07, 6.45) is 0.947. The van der Waals surface area contributed by atoms with Crippen LogP contribution in [0.5, 0.6) is 0 Å². The number of ether oxygens (including phenoxy) is 1. The van der Waals surface area contributed by atoms with Crippen LogP contribution in [0.2, 0.25) is 0 Å². The van der Waals surface area contributed by atoms with E-state index in [0.717, 1.165) is 10.1 Å². The fourth-order valence-corrected chi connectivity index (χ4v) is 7.73. The third kappa shape index (κ3) is 4.50. The molecule has 0 bridgehead atoms. The standard InChI is InChI=1S/C36H34N4O6/c1-3-46-34(43)30-26-21-27-29(33(42)37(32(27)41)24-15-9-5-10-16-24)22(2)31(26)40-36(45)38(25-17-11-6-12-18-25)35(44)39(40)28(30)20-19-23-13-7-4-8-14-23/h4-18,22,27-29,31H,3,19-21H2,1-2H3/t22?,27-,28-,29+,31+/m0/s1. The van der Waals surface area contributed by atoms with Gasteiger partial charge in [-0.25, -0.2) is 28.3 Å². The summed E-state index contributed by atoms with van der Waals surface area (Å²) in [5, 5.41) is 0. The van der Waals surface area contributed by atoms with Gasteiger partial charge >= 0.3 is 17.3 Å². The average molecular weight is 619 g/mol. The molecule has 2 aliphatic heterocycles. The molecule has 1 aliphatic carbocycles. The second-order valence-electron chi connectivity index (χ2n) is 12.1. The Morgan fingerprint density at radius 2 is 1.37 bits per heavy atom. The van der Waals surface area contributed by atoms with Crippen molar-refractivity contribution in [2.24, 2.45) is 17.8 Å². The molecular weight excluding hydrogens is 584 g/mol. The van der Waals surface area contributed by atoms with E-state index in [1.807, 2.05) is 43.3 Å². The van der Waals surface area contributed by atoms with Gasteiger partial charge in [0, 0.05) is 0 Å². The molecular formula is C36H34N4O6. The van der Waals surface area contributed by atoms with E-state index in [1.54, 1.807) is 61.5 Å². The number of allylic oxidation sites excluding steroid dienone is 1. The summed E-state index contributed by atoms with van der Waals surface area (Å²) in [5.41, 5.74) is 1.61. The van der Waals surface area contributed by atoms with Crippen LogP contribution in [-0.4, -0.2) is 38.3 Å². The summed E-state index contributed by atoms with van der Waals surface area (Å²) in [6, 6.07) is 25.5. The van der Waals surface area contributed by atoms with E-state index in [1.165, 1.54) is 14.3 Å². The topological polar surface area (TPSA) is 113 Å². The number of rotatable bonds is 7. The molecule has 5 atom stereocenters. The first-order chi connectivity index (χ1) is 22.3. The van der Waals surface area contributed by atoms with Gasteiger partial charge in [0.25, 0.3) is 0 Å². The molecule has 234 valence electrons. The summed E-state index contributed by atoms with van der Waals surface area (Å²) < 4.78 is 9.56. The molecule has 1 saturated heterocycles. The van der Waals surface area contributed by atoms with Crippen molar-refractivity contribution >= 4 is 23.5 Å². The number of para-hydroxylation sites is 2. The molecule has 2 amide bonds. The summed E-state index contributed by atoms with van der Waals surface area (Å²) >= 11 is 0. The van der Waals surface area contributed by atoms with Crippen LogP contribution in [0.1, 0.15) is 44.3 Å². The van der Waals surface area contributed by atoms with Gasteiger partial charge in [-0.3, -0.25) is 14.5 Å². The highest BCUT2D eigenvalue weighted by molar-refractivity contribution is 6.22. The Hall–Kier alpha value is -5.25. The van der Waals surface area contributed by atoms with Crippen LogP contribution in [0.4, 0.5) is 5.69 Å². The maximum absolute atomic E-state index is 14.4.